The zero-order chi connectivity index (χ0) is 0. The zero-order valence-corrected chi connectivity index (χ0v) is 12.3. The predicted molar refractivity (Wildman–Crippen MR) is 14.3 cm³/mol. The summed E-state index contributed by atoms with van der Waals surface area (Å²) in [6.07, 6.45) is 0. The topological polar surface area (TPSA) is 114 Å². The maximum absolute atomic E-state index is 0. The Kier molecular flexibility index (Phi) is 847. The van der Waals surface area contributed by atoms with E-state index in [9.17, 15) is 0 Å². The van der Waals surface area contributed by atoms with Crippen LogP contribution in [0.3, 0.4) is 0 Å². The van der Waals surface area contributed by atoms with Crippen molar-refractivity contribution in [3.63, 3.8) is 0 Å². The van der Waals surface area contributed by atoms with Crippen molar-refractivity contribution in [1.82, 2.24) is 0 Å². The fourth-order valence-corrected chi connectivity index (χ4v) is 0. The Balaban J connectivity index is 0. The molecule has 0 aromatic carbocycles. The molecule has 0 aromatic heterocycles. The van der Waals surface area contributed by atoms with Gasteiger partial charge in [0.1, 0.15) is 0 Å². The Morgan fingerprint density at radius 2 is 0.571 bits per heavy atom. The molecular weight excluding hydrogens is 407 g/mol. The Labute approximate surface area is 114 Å². The molecule has 0 amide bonds. The fraction of sp³-hybridized carbons (Fsp3) is 0. The number of hydrogen-bond acceptors (Lipinski definition) is 0. The molecule has 0 aromatic rings. The number of rotatable bonds is 0. The fourth-order valence-electron chi connectivity index (χ4n) is 0. The van der Waals surface area contributed by atoms with E-state index in [1.807, 2.05) is 0 Å². The molecule has 4 nitrogen and oxygen atoms in total. The summed E-state index contributed by atoms with van der Waals surface area (Å²) >= 11 is 0. The van der Waals surface area contributed by atoms with Crippen molar-refractivity contribution in [2.45, 2.75) is 0 Å². The molecule has 0 fully saturated rings. The Morgan fingerprint density at radius 3 is 0.571 bits per heavy atom. The summed E-state index contributed by atoms with van der Waals surface area (Å²) in [5, 5.41) is 0. The summed E-state index contributed by atoms with van der Waals surface area (Å²) in [7, 11) is 0. The van der Waals surface area contributed by atoms with Crippen LogP contribution in [0.4, 0.5) is 0 Å². The van der Waals surface area contributed by atoms with Crippen LogP contribution in [0.1, 0.15) is 0 Å². The van der Waals surface area contributed by atoms with Gasteiger partial charge in [-0.05, 0) is 0 Å². The molecule has 2 radical (unpaired) electrons. The first kappa shape index (κ1) is 91.4. The van der Waals surface area contributed by atoms with Crippen molar-refractivity contribution < 1.29 is 43.6 Å². The molecule has 0 rings (SSSR count). The van der Waals surface area contributed by atoms with Crippen LogP contribution >= 0.6 is 0 Å². The van der Waals surface area contributed by atoms with Crippen molar-refractivity contribution >= 4 is 72.8 Å². The molecule has 0 atom stereocenters. The van der Waals surface area contributed by atoms with Crippen molar-refractivity contribution in [2.75, 3.05) is 0 Å². The van der Waals surface area contributed by atoms with Crippen LogP contribution in [0.15, 0.2) is 0 Å². The van der Waals surface area contributed by atoms with Crippen molar-refractivity contribution in [3.8, 4) is 0 Å². The van der Waals surface area contributed by atoms with Gasteiger partial charge in [0.05, 0.1) is 0 Å². The monoisotopic (exact) mass is 408 g/mol. The van der Waals surface area contributed by atoms with Crippen LogP contribution in [0.25, 0.3) is 0 Å². The van der Waals surface area contributed by atoms with Crippen LogP contribution in [0.2, 0.25) is 0 Å². The van der Waals surface area contributed by atoms with E-state index in [0.717, 1.165) is 0 Å². The Bertz CT molecular complexity index is 11.7. The second-order valence-electron chi connectivity index (χ2n) is 0. The first-order valence-corrected chi connectivity index (χ1v) is 0. The molecule has 0 aliphatic heterocycles. The van der Waals surface area contributed by atoms with E-state index < -0.39 is 0 Å². The summed E-state index contributed by atoms with van der Waals surface area (Å²) in [6.45, 7) is 0. The van der Waals surface area contributed by atoms with Crippen LogP contribution < -0.4 is 0 Å². The molecule has 0 spiro atoms. The Morgan fingerprint density at radius 1 is 0.571 bits per heavy atom. The molecule has 34 valence electrons. The minimum atomic E-state index is 0. The van der Waals surface area contributed by atoms with E-state index in [1.165, 1.54) is 0 Å². The summed E-state index contributed by atoms with van der Waals surface area (Å²) in [5.41, 5.74) is 0. The van der Waals surface area contributed by atoms with Gasteiger partial charge in [-0.25, -0.2) is 0 Å². The molecule has 7 heavy (non-hydrogen) atoms. The second kappa shape index (κ2) is 64.9. The molecule has 0 heterocycles. The van der Waals surface area contributed by atoms with Gasteiger partial charge in [0.15, 0.2) is 0 Å². The smallest absolute Gasteiger partial charge is 2.00 e. The van der Waals surface area contributed by atoms with Crippen molar-refractivity contribution in [1.29, 1.82) is 0 Å². The van der Waals surface area contributed by atoms with Gasteiger partial charge in [0.2, 0.25) is 0 Å². The third-order valence-electron chi connectivity index (χ3n) is 0. The average Bonchev–Trinajstić information content (AvgIpc) is 0. The van der Waals surface area contributed by atoms with Gasteiger partial charge in [0.25, 0.3) is 0 Å². The number of hydrogen-bond donors (Lipinski definition) is 0. The summed E-state index contributed by atoms with van der Waals surface area (Å²) in [4.78, 5) is 0. The molecule has 0 unspecified atom stereocenters. The molecule has 0 aliphatic carbocycles. The average molecular weight is 407 g/mol. The third kappa shape index (κ3) is 49.6. The molecular formula is O4PbSrTi. The molecule has 7 heteroatoms. The van der Waals surface area contributed by atoms with Crippen LogP contribution in [-0.2, 0) is 43.6 Å². The van der Waals surface area contributed by atoms with E-state index >= 15 is 0 Å². The zero-order valence-electron chi connectivity index (χ0n) is 3.34. The predicted octanol–water partition coefficient (Wildman–Crippen LogP) is -1.24. The molecule has 0 aliphatic rings. The van der Waals surface area contributed by atoms with Crippen LogP contribution in [0, 0.1) is 0 Å². The summed E-state index contributed by atoms with van der Waals surface area (Å²) < 4.78 is 0. The minimum absolute atomic E-state index is 0. The van der Waals surface area contributed by atoms with Gasteiger partial charge < -0.3 is 21.9 Å². The maximum atomic E-state index is 0. The molecule has 0 N–H and O–H groups in total. The van der Waals surface area contributed by atoms with E-state index in [4.69, 9.17) is 0 Å². The molecule has 0 saturated heterocycles. The van der Waals surface area contributed by atoms with Gasteiger partial charge in [-0.15, -0.1) is 0 Å². The van der Waals surface area contributed by atoms with Gasteiger partial charge in [-0.3, -0.25) is 0 Å². The minimum Gasteiger partial charge on any atom is -2.00 e. The second-order valence-corrected chi connectivity index (χ2v) is 0. The van der Waals surface area contributed by atoms with Gasteiger partial charge >= 0.3 is 94.5 Å². The van der Waals surface area contributed by atoms with Crippen LogP contribution in [0.5, 0.6) is 0 Å². The van der Waals surface area contributed by atoms with Gasteiger partial charge in [0, 0.05) is 0 Å². The SMILES string of the molecule is [O-2].[O-2].[O-2].[O-2].[Pb+2].[Sr+2].[Ti+4]. The third-order valence-corrected chi connectivity index (χ3v) is 0. The quantitative estimate of drug-likeness (QED) is 0.448. The standard InChI is InChI=1S/4O.Pb.Sr.Ti/q4*-2;2*+2;+4. The Hall–Kier alpha value is 2.96. The van der Waals surface area contributed by atoms with Crippen molar-refractivity contribution in [3.05, 3.63) is 0 Å². The molecule has 0 bridgehead atoms. The first-order chi connectivity index (χ1) is 0. The summed E-state index contributed by atoms with van der Waals surface area (Å²) in [6, 6.07) is 0. The normalized spacial score (nSPS) is 0. The van der Waals surface area contributed by atoms with E-state index in [0.29, 0.717) is 0 Å². The van der Waals surface area contributed by atoms with E-state index in [1.54, 1.807) is 0 Å². The molecule has 0 saturated carbocycles. The van der Waals surface area contributed by atoms with E-state index in [-0.39, 0.29) is 116 Å². The van der Waals surface area contributed by atoms with Gasteiger partial charge in [-0.2, -0.15) is 0 Å². The largest absolute Gasteiger partial charge is 4.00 e. The van der Waals surface area contributed by atoms with Crippen LogP contribution in [-0.4, -0.2) is 72.8 Å². The van der Waals surface area contributed by atoms with E-state index in [2.05, 4.69) is 0 Å². The van der Waals surface area contributed by atoms with Gasteiger partial charge in [-0.1, -0.05) is 0 Å². The van der Waals surface area contributed by atoms with Crippen molar-refractivity contribution in [2.24, 2.45) is 0 Å². The first-order valence-electron chi connectivity index (χ1n) is 0. The maximum Gasteiger partial charge on any atom is 4.00 e. The summed E-state index contributed by atoms with van der Waals surface area (Å²) in [5.74, 6) is 0.